The zero-order valence-corrected chi connectivity index (χ0v) is 17.6. The van der Waals surface area contributed by atoms with E-state index in [0.717, 1.165) is 12.8 Å². The van der Waals surface area contributed by atoms with Gasteiger partial charge in [0.2, 0.25) is 6.79 Å². The highest BCUT2D eigenvalue weighted by atomic mass is 16.7. The number of nitrogens with one attached hydrogen (secondary N) is 1. The van der Waals surface area contributed by atoms with Gasteiger partial charge >= 0.3 is 6.03 Å². The lowest BCUT2D eigenvalue weighted by Crippen LogP contribution is -2.53. The summed E-state index contributed by atoms with van der Waals surface area (Å²) in [6.07, 6.45) is 3.29. The Labute approximate surface area is 181 Å². The van der Waals surface area contributed by atoms with Crippen LogP contribution in [0.2, 0.25) is 0 Å². The lowest BCUT2D eigenvalue weighted by molar-refractivity contribution is -0.0328. The second-order valence-corrected chi connectivity index (χ2v) is 7.83. The molecule has 1 aromatic rings. The first-order valence-electron chi connectivity index (χ1n) is 10.7. The van der Waals surface area contributed by atoms with Crippen molar-refractivity contribution in [3.8, 4) is 11.5 Å². The number of benzene rings is 1. The van der Waals surface area contributed by atoms with Crippen molar-refractivity contribution in [2.45, 2.75) is 25.0 Å². The molecule has 2 unspecified atom stereocenters. The van der Waals surface area contributed by atoms with E-state index in [0.29, 0.717) is 63.0 Å². The third-order valence-electron chi connectivity index (χ3n) is 5.60. The summed E-state index contributed by atoms with van der Waals surface area (Å²) < 4.78 is 22.4. The third kappa shape index (κ3) is 5.29. The molecule has 9 heteroatoms. The van der Waals surface area contributed by atoms with Crippen LogP contribution in [-0.4, -0.2) is 86.7 Å². The molecule has 1 aromatic carbocycles. The van der Waals surface area contributed by atoms with E-state index in [9.17, 15) is 9.59 Å². The van der Waals surface area contributed by atoms with E-state index in [1.807, 2.05) is 0 Å². The van der Waals surface area contributed by atoms with Gasteiger partial charge < -0.3 is 34.1 Å². The van der Waals surface area contributed by atoms with Crippen LogP contribution in [0.1, 0.15) is 23.2 Å². The Morgan fingerprint density at radius 3 is 2.77 bits per heavy atom. The number of hydrogen-bond acceptors (Lipinski definition) is 6. The van der Waals surface area contributed by atoms with Gasteiger partial charge in [-0.1, -0.05) is 6.08 Å². The van der Waals surface area contributed by atoms with Crippen LogP contribution < -0.4 is 14.8 Å². The van der Waals surface area contributed by atoms with Crippen molar-refractivity contribution in [2.24, 2.45) is 0 Å². The van der Waals surface area contributed by atoms with Crippen LogP contribution in [0.25, 0.3) is 0 Å². The highest BCUT2D eigenvalue weighted by Crippen LogP contribution is 2.33. The van der Waals surface area contributed by atoms with E-state index >= 15 is 0 Å². The summed E-state index contributed by atoms with van der Waals surface area (Å²) in [6, 6.07) is 5.06. The molecule has 2 atom stereocenters. The van der Waals surface area contributed by atoms with Gasteiger partial charge in [0, 0.05) is 38.3 Å². The molecule has 168 valence electrons. The fraction of sp³-hybridized carbons (Fsp3) is 0.545. The Kier molecular flexibility index (Phi) is 6.93. The van der Waals surface area contributed by atoms with Crippen LogP contribution in [0.15, 0.2) is 30.9 Å². The van der Waals surface area contributed by atoms with Gasteiger partial charge in [-0.05, 0) is 31.0 Å². The molecule has 1 N–H and O–H groups in total. The fourth-order valence-electron chi connectivity index (χ4n) is 4.02. The third-order valence-corrected chi connectivity index (χ3v) is 5.60. The van der Waals surface area contributed by atoms with E-state index < -0.39 is 0 Å². The van der Waals surface area contributed by atoms with Crippen molar-refractivity contribution in [2.75, 3.05) is 52.7 Å². The van der Waals surface area contributed by atoms with Crippen LogP contribution >= 0.6 is 0 Å². The average molecular weight is 431 g/mol. The van der Waals surface area contributed by atoms with Gasteiger partial charge in [0.15, 0.2) is 11.5 Å². The summed E-state index contributed by atoms with van der Waals surface area (Å²) in [5.41, 5.74) is 0.527. The molecule has 3 aliphatic rings. The Morgan fingerprint density at radius 1 is 1.16 bits per heavy atom. The minimum atomic E-state index is -0.275. The first-order valence-corrected chi connectivity index (χ1v) is 10.7. The standard InChI is InChI=1S/C22H29N3O6/c1-2-7-23-22(27)24-8-10-29-18(13-24)14-25(12-17-4-3-9-28-17)21(26)16-5-6-19-20(11-16)31-15-30-19/h2,5-6,11,17-18H,1,3-4,7-10,12-15H2,(H,23,27). The molecule has 0 radical (unpaired) electrons. The van der Waals surface area contributed by atoms with Gasteiger partial charge in [0.05, 0.1) is 25.4 Å². The molecule has 0 spiro atoms. The maximum Gasteiger partial charge on any atom is 0.317 e. The van der Waals surface area contributed by atoms with Gasteiger partial charge in [-0.2, -0.15) is 0 Å². The van der Waals surface area contributed by atoms with Gasteiger partial charge in [-0.25, -0.2) is 4.79 Å². The zero-order valence-electron chi connectivity index (χ0n) is 17.6. The molecule has 0 aromatic heterocycles. The molecule has 2 saturated heterocycles. The van der Waals surface area contributed by atoms with Crippen molar-refractivity contribution in [3.05, 3.63) is 36.4 Å². The monoisotopic (exact) mass is 431 g/mol. The molecule has 4 rings (SSSR count). The molecule has 2 fully saturated rings. The largest absolute Gasteiger partial charge is 0.454 e. The van der Waals surface area contributed by atoms with E-state index in [2.05, 4.69) is 11.9 Å². The maximum atomic E-state index is 13.4. The second kappa shape index (κ2) is 10.0. The maximum absolute atomic E-state index is 13.4. The molecular weight excluding hydrogens is 402 g/mol. The lowest BCUT2D eigenvalue weighted by atomic mass is 10.1. The Bertz CT molecular complexity index is 810. The van der Waals surface area contributed by atoms with Crippen molar-refractivity contribution in [1.82, 2.24) is 15.1 Å². The van der Waals surface area contributed by atoms with Crippen LogP contribution in [0, 0.1) is 0 Å². The quantitative estimate of drug-likeness (QED) is 0.660. The number of carbonyl (C=O) groups is 2. The smallest absolute Gasteiger partial charge is 0.317 e. The molecule has 3 heterocycles. The van der Waals surface area contributed by atoms with Crippen LogP contribution in [0.5, 0.6) is 11.5 Å². The summed E-state index contributed by atoms with van der Waals surface area (Å²) in [5, 5.41) is 2.79. The number of fused-ring (bicyclic) bond motifs is 1. The van der Waals surface area contributed by atoms with Crippen molar-refractivity contribution < 1.29 is 28.5 Å². The van der Waals surface area contributed by atoms with Crippen LogP contribution in [0.3, 0.4) is 0 Å². The topological polar surface area (TPSA) is 89.6 Å². The van der Waals surface area contributed by atoms with E-state index in [1.54, 1.807) is 34.1 Å². The van der Waals surface area contributed by atoms with E-state index in [-0.39, 0.29) is 30.9 Å². The zero-order chi connectivity index (χ0) is 21.6. The molecule has 0 bridgehead atoms. The number of urea groups is 1. The second-order valence-electron chi connectivity index (χ2n) is 7.83. The SMILES string of the molecule is C=CCNC(=O)N1CCOC(CN(CC2CCCO2)C(=O)c2ccc3c(c2)OCO3)C1. The van der Waals surface area contributed by atoms with E-state index in [1.165, 1.54) is 0 Å². The summed E-state index contributed by atoms with van der Waals surface area (Å²) in [4.78, 5) is 29.2. The van der Waals surface area contributed by atoms with Gasteiger partial charge in [0.1, 0.15) is 0 Å². The lowest BCUT2D eigenvalue weighted by Gasteiger charge is -2.36. The summed E-state index contributed by atoms with van der Waals surface area (Å²) in [5.74, 6) is 1.09. The van der Waals surface area contributed by atoms with Gasteiger partial charge in [-0.3, -0.25) is 4.79 Å². The minimum Gasteiger partial charge on any atom is -0.454 e. The fourth-order valence-corrected chi connectivity index (χ4v) is 4.02. The van der Waals surface area contributed by atoms with Crippen molar-refractivity contribution >= 4 is 11.9 Å². The number of amides is 3. The van der Waals surface area contributed by atoms with Gasteiger partial charge in [0.25, 0.3) is 5.91 Å². The summed E-state index contributed by atoms with van der Waals surface area (Å²) in [6.45, 7) is 7.12. The first-order chi connectivity index (χ1) is 15.1. The van der Waals surface area contributed by atoms with Crippen LogP contribution in [0.4, 0.5) is 4.79 Å². The predicted octanol–water partition coefficient (Wildman–Crippen LogP) is 1.63. The molecule has 9 nitrogen and oxygen atoms in total. The van der Waals surface area contributed by atoms with E-state index in [4.69, 9.17) is 18.9 Å². The minimum absolute atomic E-state index is 0.00791. The van der Waals surface area contributed by atoms with Crippen LogP contribution in [-0.2, 0) is 9.47 Å². The average Bonchev–Trinajstić information content (AvgIpc) is 3.48. The summed E-state index contributed by atoms with van der Waals surface area (Å²) >= 11 is 0. The van der Waals surface area contributed by atoms with Crippen molar-refractivity contribution in [3.63, 3.8) is 0 Å². The Balaban J connectivity index is 1.45. The predicted molar refractivity (Wildman–Crippen MR) is 112 cm³/mol. The number of carbonyl (C=O) groups excluding carboxylic acids is 2. The molecule has 0 aliphatic carbocycles. The highest BCUT2D eigenvalue weighted by molar-refractivity contribution is 5.95. The number of hydrogen-bond donors (Lipinski definition) is 1. The van der Waals surface area contributed by atoms with Crippen molar-refractivity contribution in [1.29, 1.82) is 0 Å². The molecule has 3 aliphatic heterocycles. The molecular formula is C22H29N3O6. The molecule has 3 amide bonds. The van der Waals surface area contributed by atoms with Gasteiger partial charge in [-0.15, -0.1) is 6.58 Å². The Morgan fingerprint density at radius 2 is 1.97 bits per heavy atom. The Hall–Kier alpha value is -2.78. The first kappa shape index (κ1) is 21.5. The molecule has 0 saturated carbocycles. The number of nitrogens with zero attached hydrogens (tertiary/aromatic N) is 2. The highest BCUT2D eigenvalue weighted by Gasteiger charge is 2.30. The number of morpholine rings is 1. The molecule has 31 heavy (non-hydrogen) atoms. The summed E-state index contributed by atoms with van der Waals surface area (Å²) in [7, 11) is 0. The number of ether oxygens (including phenoxy) is 4. The normalized spacial score (nSPS) is 22.3. The number of rotatable bonds is 7.